The predicted octanol–water partition coefficient (Wildman–Crippen LogP) is 8.13. The summed E-state index contributed by atoms with van der Waals surface area (Å²) in [5, 5.41) is 15.0. The number of nitrogens with zero attached hydrogens (tertiary/aromatic N) is 4. The van der Waals surface area contributed by atoms with E-state index in [1.165, 1.54) is 11.1 Å². The third-order valence-electron chi connectivity index (χ3n) is 6.55. The van der Waals surface area contributed by atoms with Crippen LogP contribution in [-0.2, 0) is 21.7 Å². The lowest BCUT2D eigenvalue weighted by molar-refractivity contribution is 0.566. The smallest absolute Gasteiger partial charge is 0.111 e. The Morgan fingerprint density at radius 1 is 0.447 bits per heavy atom. The molecule has 4 aromatic rings. The molecule has 0 atom stereocenters. The quantitative estimate of drug-likeness (QED) is 0.283. The van der Waals surface area contributed by atoms with Crippen LogP contribution in [0.25, 0.3) is 22.8 Å². The predicted molar refractivity (Wildman–Crippen MR) is 158 cm³/mol. The molecule has 6 heteroatoms. The highest BCUT2D eigenvalue weighted by atomic mass is 15.1. The van der Waals surface area contributed by atoms with Crippen molar-refractivity contribution in [1.82, 2.24) is 30.4 Å². The molecule has 38 heavy (non-hydrogen) atoms. The summed E-state index contributed by atoms with van der Waals surface area (Å²) in [5.74, 6) is 0. The molecular weight excluding hydrogens is 468 g/mol. The lowest BCUT2D eigenvalue weighted by atomic mass is 9.87. The van der Waals surface area contributed by atoms with Crippen LogP contribution in [0.4, 0.5) is 0 Å². The second kappa shape index (κ2) is 10.5. The summed E-state index contributed by atoms with van der Waals surface area (Å²) in [7, 11) is 0. The first-order valence-corrected chi connectivity index (χ1v) is 13.4. The highest BCUT2D eigenvalue weighted by Gasteiger charge is 2.20. The van der Waals surface area contributed by atoms with Crippen molar-refractivity contribution in [2.24, 2.45) is 0 Å². The first-order valence-electron chi connectivity index (χ1n) is 13.4. The first kappa shape index (κ1) is 29.3. The molecule has 4 rings (SSSR count). The van der Waals surface area contributed by atoms with E-state index in [1.807, 2.05) is 12.4 Å². The van der Waals surface area contributed by atoms with Gasteiger partial charge in [-0.1, -0.05) is 83.1 Å². The van der Waals surface area contributed by atoms with Gasteiger partial charge >= 0.3 is 0 Å². The van der Waals surface area contributed by atoms with Crippen LogP contribution in [0.3, 0.4) is 0 Å². The Balaban J connectivity index is 0.000000211. The van der Waals surface area contributed by atoms with Crippen LogP contribution < -0.4 is 0 Å². The first-order chi connectivity index (χ1) is 17.4. The van der Waals surface area contributed by atoms with Crippen molar-refractivity contribution in [3.05, 3.63) is 71.3 Å². The molecule has 6 nitrogen and oxygen atoms in total. The van der Waals surface area contributed by atoms with Gasteiger partial charge < -0.3 is 0 Å². The van der Waals surface area contributed by atoms with Crippen molar-refractivity contribution in [3.8, 4) is 22.8 Å². The van der Waals surface area contributed by atoms with Gasteiger partial charge in [-0.25, -0.2) is 0 Å². The van der Waals surface area contributed by atoms with Crippen molar-refractivity contribution >= 4 is 0 Å². The largest absolute Gasteiger partial charge is 0.281 e. The fraction of sp³-hybridized carbons (Fsp3) is 0.500. The van der Waals surface area contributed by atoms with Crippen LogP contribution >= 0.6 is 0 Å². The average Bonchev–Trinajstić information content (AvgIpc) is 3.49. The summed E-state index contributed by atoms with van der Waals surface area (Å²) >= 11 is 0. The van der Waals surface area contributed by atoms with Gasteiger partial charge in [-0.15, -0.1) is 0 Å². The van der Waals surface area contributed by atoms with Crippen molar-refractivity contribution in [2.45, 2.75) is 105 Å². The Labute approximate surface area is 229 Å². The lowest BCUT2D eigenvalue weighted by Crippen LogP contribution is -2.11. The number of aromatic amines is 2. The maximum atomic E-state index is 4.44. The Bertz CT molecular complexity index is 1240. The molecule has 0 aliphatic carbocycles. The van der Waals surface area contributed by atoms with E-state index in [2.05, 4.69) is 150 Å². The molecular formula is C32H46N6. The zero-order valence-corrected chi connectivity index (χ0v) is 25.4. The molecule has 0 unspecified atom stereocenters. The van der Waals surface area contributed by atoms with Crippen molar-refractivity contribution in [1.29, 1.82) is 0 Å². The summed E-state index contributed by atoms with van der Waals surface area (Å²) in [6.45, 7) is 26.3. The van der Waals surface area contributed by atoms with E-state index < -0.39 is 0 Å². The third-order valence-corrected chi connectivity index (χ3v) is 6.55. The minimum atomic E-state index is 0.0763. The van der Waals surface area contributed by atoms with Crippen LogP contribution in [0, 0.1) is 0 Å². The molecule has 4 aromatic heterocycles. The minimum absolute atomic E-state index is 0.0763. The highest BCUT2D eigenvalue weighted by Crippen LogP contribution is 2.29. The molecule has 0 aromatic carbocycles. The van der Waals surface area contributed by atoms with Gasteiger partial charge in [-0.2, -0.15) is 10.2 Å². The maximum Gasteiger partial charge on any atom is 0.111 e. The van der Waals surface area contributed by atoms with Gasteiger partial charge in [0.05, 0.1) is 11.4 Å². The number of pyridine rings is 2. The molecule has 0 saturated heterocycles. The monoisotopic (exact) mass is 514 g/mol. The van der Waals surface area contributed by atoms with Crippen LogP contribution in [0.15, 0.2) is 48.8 Å². The molecule has 4 heterocycles. The number of aromatic nitrogens is 6. The lowest BCUT2D eigenvalue weighted by Gasteiger charge is -2.19. The van der Waals surface area contributed by atoms with Crippen LogP contribution in [0.2, 0.25) is 0 Å². The number of nitrogens with one attached hydrogen (secondary N) is 2. The standard InChI is InChI=1S/2C16H23N3/c2*1-15(2,3)11-7-8-17-12(9-11)13-10-14(19-18-13)16(4,5)6/h2*7-10H,1-6H3,(H,18,19). The van der Waals surface area contributed by atoms with E-state index in [-0.39, 0.29) is 21.7 Å². The van der Waals surface area contributed by atoms with Crippen LogP contribution in [0.5, 0.6) is 0 Å². The topological polar surface area (TPSA) is 83.1 Å². The molecule has 0 radical (unpaired) electrons. The van der Waals surface area contributed by atoms with E-state index in [0.29, 0.717) is 0 Å². The molecule has 0 aliphatic rings. The van der Waals surface area contributed by atoms with Crippen molar-refractivity contribution < 1.29 is 0 Å². The van der Waals surface area contributed by atoms with Gasteiger partial charge in [-0.3, -0.25) is 20.2 Å². The molecule has 0 spiro atoms. The molecule has 0 aliphatic heterocycles. The summed E-state index contributed by atoms with van der Waals surface area (Å²) in [5.41, 5.74) is 8.90. The van der Waals surface area contributed by atoms with E-state index >= 15 is 0 Å². The molecule has 204 valence electrons. The zero-order valence-electron chi connectivity index (χ0n) is 25.4. The van der Waals surface area contributed by atoms with Gasteiger partial charge in [0.2, 0.25) is 0 Å². The number of rotatable bonds is 2. The highest BCUT2D eigenvalue weighted by molar-refractivity contribution is 5.57. The second-order valence-corrected chi connectivity index (χ2v) is 14.2. The Hall–Kier alpha value is -3.28. The fourth-order valence-corrected chi connectivity index (χ4v) is 3.75. The van der Waals surface area contributed by atoms with Crippen LogP contribution in [-0.4, -0.2) is 30.4 Å². The Morgan fingerprint density at radius 2 is 0.789 bits per heavy atom. The number of hydrogen-bond donors (Lipinski definition) is 2. The summed E-state index contributed by atoms with van der Waals surface area (Å²) in [4.78, 5) is 8.87. The maximum absolute atomic E-state index is 4.44. The normalized spacial score (nSPS) is 12.7. The molecule has 0 saturated carbocycles. The second-order valence-electron chi connectivity index (χ2n) is 14.2. The van der Waals surface area contributed by atoms with E-state index in [9.17, 15) is 0 Å². The van der Waals surface area contributed by atoms with Gasteiger partial charge in [-0.05, 0) is 58.4 Å². The average molecular weight is 515 g/mol. The van der Waals surface area contributed by atoms with Gasteiger partial charge in [0.1, 0.15) is 11.4 Å². The molecule has 0 amide bonds. The summed E-state index contributed by atoms with van der Waals surface area (Å²) in [6.07, 6.45) is 3.72. The van der Waals surface area contributed by atoms with Gasteiger partial charge in [0, 0.05) is 34.6 Å². The van der Waals surface area contributed by atoms with E-state index in [1.54, 1.807) is 0 Å². The van der Waals surface area contributed by atoms with E-state index in [4.69, 9.17) is 0 Å². The van der Waals surface area contributed by atoms with E-state index in [0.717, 1.165) is 34.2 Å². The van der Waals surface area contributed by atoms with Gasteiger partial charge in [0.25, 0.3) is 0 Å². The number of hydrogen-bond acceptors (Lipinski definition) is 4. The minimum Gasteiger partial charge on any atom is -0.281 e. The Morgan fingerprint density at radius 3 is 1.05 bits per heavy atom. The third kappa shape index (κ3) is 7.40. The molecule has 2 N–H and O–H groups in total. The summed E-state index contributed by atoms with van der Waals surface area (Å²) < 4.78 is 0. The zero-order chi connectivity index (χ0) is 28.5. The molecule has 0 fully saturated rings. The molecule has 0 bridgehead atoms. The van der Waals surface area contributed by atoms with Crippen molar-refractivity contribution in [3.63, 3.8) is 0 Å². The van der Waals surface area contributed by atoms with Gasteiger partial charge in [0.15, 0.2) is 0 Å². The number of H-pyrrole nitrogens is 2. The van der Waals surface area contributed by atoms with Crippen molar-refractivity contribution in [2.75, 3.05) is 0 Å². The fourth-order valence-electron chi connectivity index (χ4n) is 3.75. The van der Waals surface area contributed by atoms with Crippen LogP contribution in [0.1, 0.15) is 106 Å². The Kier molecular flexibility index (Phi) is 8.07. The summed E-state index contributed by atoms with van der Waals surface area (Å²) in [6, 6.07) is 12.6. The SMILES string of the molecule is CC(C)(C)c1ccnc(-c2cc(C(C)(C)C)[nH]n2)c1.CC(C)(C)c1ccnc(-c2cc(C(C)(C)C)[nH]n2)c1.